The molecular formula is C13H15N3O4S. The maximum absolute atomic E-state index is 12.2. The lowest BCUT2D eigenvalue weighted by Gasteiger charge is -2.05. The summed E-state index contributed by atoms with van der Waals surface area (Å²) in [6.45, 7) is 3.18. The Morgan fingerprint density at radius 1 is 1.24 bits per heavy atom. The van der Waals surface area contributed by atoms with Crippen molar-refractivity contribution in [2.75, 3.05) is 5.75 Å². The summed E-state index contributed by atoms with van der Waals surface area (Å²) >= 11 is 0. The van der Waals surface area contributed by atoms with Crippen LogP contribution in [0.15, 0.2) is 35.2 Å². The second-order valence-electron chi connectivity index (χ2n) is 4.63. The summed E-state index contributed by atoms with van der Waals surface area (Å²) in [6.07, 6.45) is 0. The van der Waals surface area contributed by atoms with E-state index in [-0.39, 0.29) is 28.6 Å². The lowest BCUT2D eigenvalue weighted by molar-refractivity contribution is -0.386. The zero-order valence-electron chi connectivity index (χ0n) is 11.7. The number of nitrogens with zero attached hydrogens (tertiary/aromatic N) is 3. The number of aromatic nitrogens is 2. The normalized spacial score (nSPS) is 11.5. The predicted molar refractivity (Wildman–Crippen MR) is 76.9 cm³/mol. The number of aryl methyl sites for hydroxylation is 2. The summed E-state index contributed by atoms with van der Waals surface area (Å²) in [4.78, 5) is 10.6. The van der Waals surface area contributed by atoms with Crippen molar-refractivity contribution < 1.29 is 13.3 Å². The van der Waals surface area contributed by atoms with Gasteiger partial charge in [-0.2, -0.15) is 5.10 Å². The highest BCUT2D eigenvalue weighted by Gasteiger charge is 2.23. The summed E-state index contributed by atoms with van der Waals surface area (Å²) in [5.41, 5.74) is 0.586. The van der Waals surface area contributed by atoms with Gasteiger partial charge in [0.1, 0.15) is 11.4 Å². The third-order valence-electron chi connectivity index (χ3n) is 3.20. The lowest BCUT2D eigenvalue weighted by atomic mass is 10.3. The van der Waals surface area contributed by atoms with Gasteiger partial charge in [-0.25, -0.2) is 8.42 Å². The van der Waals surface area contributed by atoms with Gasteiger partial charge in [0.15, 0.2) is 9.84 Å². The molecule has 2 aromatic rings. The molecule has 112 valence electrons. The predicted octanol–water partition coefficient (Wildman–Crippen LogP) is 1.88. The molecule has 0 radical (unpaired) electrons. The highest BCUT2D eigenvalue weighted by Crippen LogP contribution is 2.22. The molecule has 2 rings (SSSR count). The van der Waals surface area contributed by atoms with Gasteiger partial charge in [0.2, 0.25) is 0 Å². The maximum Gasteiger partial charge on any atom is 0.312 e. The van der Waals surface area contributed by atoms with Crippen LogP contribution >= 0.6 is 0 Å². The summed E-state index contributed by atoms with van der Waals surface area (Å²) < 4.78 is 25.7. The van der Waals surface area contributed by atoms with Gasteiger partial charge in [-0.05, 0) is 26.0 Å². The molecule has 0 saturated carbocycles. The van der Waals surface area contributed by atoms with Crippen molar-refractivity contribution in [3.05, 3.63) is 51.8 Å². The standard InChI is InChI=1S/C13H15N3O4S/c1-10-13(16(17)18)11(2)15(14-10)8-9-21(19,20)12-6-4-3-5-7-12/h3-7H,8-9H2,1-2H3. The zero-order valence-corrected chi connectivity index (χ0v) is 12.5. The second-order valence-corrected chi connectivity index (χ2v) is 6.74. The van der Waals surface area contributed by atoms with E-state index < -0.39 is 14.8 Å². The van der Waals surface area contributed by atoms with E-state index in [1.165, 1.54) is 23.7 Å². The fourth-order valence-electron chi connectivity index (χ4n) is 2.12. The van der Waals surface area contributed by atoms with Crippen molar-refractivity contribution in [2.45, 2.75) is 25.3 Å². The first-order valence-electron chi connectivity index (χ1n) is 6.29. The second kappa shape index (κ2) is 5.65. The lowest BCUT2D eigenvalue weighted by Crippen LogP contribution is -2.15. The van der Waals surface area contributed by atoms with E-state index in [9.17, 15) is 18.5 Å². The number of benzene rings is 1. The van der Waals surface area contributed by atoms with E-state index in [1.807, 2.05) is 0 Å². The molecular weight excluding hydrogens is 294 g/mol. The minimum Gasteiger partial charge on any atom is -0.261 e. The van der Waals surface area contributed by atoms with Gasteiger partial charge < -0.3 is 0 Å². The van der Waals surface area contributed by atoms with Crippen molar-refractivity contribution in [3.8, 4) is 0 Å². The molecule has 0 N–H and O–H groups in total. The topological polar surface area (TPSA) is 95.1 Å². The molecule has 0 bridgehead atoms. The first kappa shape index (κ1) is 15.2. The molecule has 0 fully saturated rings. The number of nitro groups is 1. The van der Waals surface area contributed by atoms with Crippen LogP contribution in [0.1, 0.15) is 11.4 Å². The third-order valence-corrected chi connectivity index (χ3v) is 4.91. The highest BCUT2D eigenvalue weighted by atomic mass is 32.2. The van der Waals surface area contributed by atoms with Gasteiger partial charge in [0, 0.05) is 0 Å². The molecule has 0 aliphatic heterocycles. The van der Waals surface area contributed by atoms with Crippen LogP contribution in [0.5, 0.6) is 0 Å². The molecule has 21 heavy (non-hydrogen) atoms. The van der Waals surface area contributed by atoms with Crippen molar-refractivity contribution in [1.29, 1.82) is 0 Å². The van der Waals surface area contributed by atoms with E-state index in [0.717, 1.165) is 0 Å². The Kier molecular flexibility index (Phi) is 4.08. The summed E-state index contributed by atoms with van der Waals surface area (Å²) in [5, 5.41) is 15.0. The molecule has 0 amide bonds. The van der Waals surface area contributed by atoms with Gasteiger partial charge in [-0.3, -0.25) is 14.8 Å². The SMILES string of the molecule is Cc1nn(CCS(=O)(=O)c2ccccc2)c(C)c1[N+](=O)[O-]. The average Bonchev–Trinajstić information content (AvgIpc) is 2.72. The Hall–Kier alpha value is -2.22. The molecule has 0 unspecified atom stereocenters. The molecule has 8 heteroatoms. The van der Waals surface area contributed by atoms with E-state index in [1.54, 1.807) is 25.1 Å². The third kappa shape index (κ3) is 3.10. The van der Waals surface area contributed by atoms with Crippen LogP contribution in [0.25, 0.3) is 0 Å². The molecule has 0 aliphatic rings. The Balaban J connectivity index is 2.21. The minimum atomic E-state index is -3.43. The maximum atomic E-state index is 12.2. The average molecular weight is 309 g/mol. The first-order valence-corrected chi connectivity index (χ1v) is 7.94. The fraction of sp³-hybridized carbons (Fsp3) is 0.308. The van der Waals surface area contributed by atoms with E-state index in [4.69, 9.17) is 0 Å². The highest BCUT2D eigenvalue weighted by molar-refractivity contribution is 7.91. The molecule has 1 aromatic carbocycles. The van der Waals surface area contributed by atoms with Crippen molar-refractivity contribution in [1.82, 2.24) is 9.78 Å². The number of hydrogen-bond donors (Lipinski definition) is 0. The quantitative estimate of drug-likeness (QED) is 0.620. The number of hydrogen-bond acceptors (Lipinski definition) is 5. The fourth-order valence-corrected chi connectivity index (χ4v) is 3.34. The zero-order chi connectivity index (χ0) is 15.6. The van der Waals surface area contributed by atoms with Gasteiger partial charge in [-0.15, -0.1) is 0 Å². The van der Waals surface area contributed by atoms with Crippen LogP contribution in [0.2, 0.25) is 0 Å². The van der Waals surface area contributed by atoms with Crippen molar-refractivity contribution in [3.63, 3.8) is 0 Å². The molecule has 0 saturated heterocycles. The molecule has 1 aromatic heterocycles. The Morgan fingerprint density at radius 2 is 1.86 bits per heavy atom. The smallest absolute Gasteiger partial charge is 0.261 e. The van der Waals surface area contributed by atoms with E-state index >= 15 is 0 Å². The largest absolute Gasteiger partial charge is 0.312 e. The van der Waals surface area contributed by atoms with Crippen molar-refractivity contribution in [2.24, 2.45) is 0 Å². The van der Waals surface area contributed by atoms with E-state index in [2.05, 4.69) is 5.10 Å². The van der Waals surface area contributed by atoms with E-state index in [0.29, 0.717) is 5.69 Å². The van der Waals surface area contributed by atoms with Gasteiger partial charge in [-0.1, -0.05) is 18.2 Å². The van der Waals surface area contributed by atoms with Gasteiger partial charge in [0.05, 0.1) is 22.1 Å². The van der Waals surface area contributed by atoms with Gasteiger partial charge >= 0.3 is 5.69 Å². The molecule has 0 spiro atoms. The monoisotopic (exact) mass is 309 g/mol. The minimum absolute atomic E-state index is 0.0629. The van der Waals surface area contributed by atoms with Crippen LogP contribution < -0.4 is 0 Å². The Bertz CT molecular complexity index is 766. The van der Waals surface area contributed by atoms with Crippen molar-refractivity contribution >= 4 is 15.5 Å². The van der Waals surface area contributed by atoms with Crippen LogP contribution in [0.3, 0.4) is 0 Å². The van der Waals surface area contributed by atoms with Gasteiger partial charge in [0.25, 0.3) is 0 Å². The molecule has 0 atom stereocenters. The molecule has 7 nitrogen and oxygen atoms in total. The number of sulfone groups is 1. The van der Waals surface area contributed by atoms with Crippen LogP contribution in [-0.4, -0.2) is 28.9 Å². The first-order chi connectivity index (χ1) is 9.83. The van der Waals surface area contributed by atoms with Crippen LogP contribution in [0, 0.1) is 24.0 Å². The van der Waals surface area contributed by atoms with Crippen LogP contribution in [-0.2, 0) is 16.4 Å². The Labute approximate surface area is 122 Å². The molecule has 1 heterocycles. The number of rotatable bonds is 5. The van der Waals surface area contributed by atoms with Crippen LogP contribution in [0.4, 0.5) is 5.69 Å². The molecule has 0 aliphatic carbocycles. The summed E-state index contributed by atoms with van der Waals surface area (Å²) in [7, 11) is -3.43. The Morgan fingerprint density at radius 3 is 2.38 bits per heavy atom. The summed E-state index contributed by atoms with van der Waals surface area (Å²) in [6, 6.07) is 8.10. The summed E-state index contributed by atoms with van der Waals surface area (Å²) in [5.74, 6) is -0.157.